The molecule has 1 aromatic carbocycles. The Labute approximate surface area is 111 Å². The number of nitrogens with zero attached hydrogens (tertiary/aromatic N) is 1. The van der Waals surface area contributed by atoms with Crippen molar-refractivity contribution in [3.05, 3.63) is 35.4 Å². The van der Waals surface area contributed by atoms with Gasteiger partial charge in [0, 0.05) is 19.6 Å². The summed E-state index contributed by atoms with van der Waals surface area (Å²) in [5.41, 5.74) is 2.79. The van der Waals surface area contributed by atoms with Crippen molar-refractivity contribution in [3.63, 3.8) is 0 Å². The lowest BCUT2D eigenvalue weighted by atomic mass is 10.1. The first kappa shape index (κ1) is 13.6. The van der Waals surface area contributed by atoms with Crippen molar-refractivity contribution in [2.45, 2.75) is 38.8 Å². The molecular weight excluding hydrogens is 220 g/mol. The molecule has 18 heavy (non-hydrogen) atoms. The monoisotopic (exact) mass is 246 g/mol. The molecule has 0 saturated heterocycles. The van der Waals surface area contributed by atoms with Crippen LogP contribution < -0.4 is 5.32 Å². The standard InChI is InChI=1S/C16H26N2/c1-17-11-14-7-9-16(10-8-14)13-18(2)12-15-5-3-4-6-15/h7-10,15,17H,3-6,11-13H2,1-2H3. The van der Waals surface area contributed by atoms with Crippen molar-refractivity contribution in [2.24, 2.45) is 5.92 Å². The molecule has 2 nitrogen and oxygen atoms in total. The van der Waals surface area contributed by atoms with Gasteiger partial charge >= 0.3 is 0 Å². The molecule has 1 aliphatic carbocycles. The maximum Gasteiger partial charge on any atom is 0.0230 e. The molecule has 0 amide bonds. The Kier molecular flexibility index (Phi) is 5.21. The molecular formula is C16H26N2. The van der Waals surface area contributed by atoms with Gasteiger partial charge in [0.05, 0.1) is 0 Å². The zero-order valence-corrected chi connectivity index (χ0v) is 11.8. The summed E-state index contributed by atoms with van der Waals surface area (Å²) in [6.45, 7) is 3.30. The third-order valence-electron chi connectivity index (χ3n) is 3.90. The first-order chi connectivity index (χ1) is 8.78. The second kappa shape index (κ2) is 6.91. The van der Waals surface area contributed by atoms with Crippen LogP contribution in [0.5, 0.6) is 0 Å². The lowest BCUT2D eigenvalue weighted by molar-refractivity contribution is 0.271. The molecule has 0 unspecified atom stereocenters. The zero-order valence-electron chi connectivity index (χ0n) is 11.8. The predicted octanol–water partition coefficient (Wildman–Crippen LogP) is 3.03. The summed E-state index contributed by atoms with van der Waals surface area (Å²) in [4.78, 5) is 2.48. The van der Waals surface area contributed by atoms with Gasteiger partial charge in [-0.05, 0) is 44.0 Å². The lowest BCUT2D eigenvalue weighted by Crippen LogP contribution is -2.24. The van der Waals surface area contributed by atoms with Crippen LogP contribution in [0.2, 0.25) is 0 Å². The van der Waals surface area contributed by atoms with Crippen molar-refractivity contribution in [1.29, 1.82) is 0 Å². The zero-order chi connectivity index (χ0) is 12.8. The first-order valence-electron chi connectivity index (χ1n) is 7.19. The molecule has 0 radical (unpaired) electrons. The molecule has 0 spiro atoms. The maximum atomic E-state index is 3.18. The highest BCUT2D eigenvalue weighted by atomic mass is 15.1. The van der Waals surface area contributed by atoms with Crippen molar-refractivity contribution in [3.8, 4) is 0 Å². The Morgan fingerprint density at radius 2 is 1.72 bits per heavy atom. The van der Waals surface area contributed by atoms with Crippen molar-refractivity contribution < 1.29 is 0 Å². The molecule has 0 heterocycles. The van der Waals surface area contributed by atoms with Gasteiger partial charge in [-0.1, -0.05) is 37.1 Å². The van der Waals surface area contributed by atoms with Crippen LogP contribution in [0.1, 0.15) is 36.8 Å². The van der Waals surface area contributed by atoms with E-state index in [1.807, 2.05) is 7.05 Å². The minimum atomic E-state index is 0.943. The Balaban J connectivity index is 1.80. The van der Waals surface area contributed by atoms with Gasteiger partial charge < -0.3 is 10.2 Å². The van der Waals surface area contributed by atoms with Crippen LogP contribution in [-0.2, 0) is 13.1 Å². The molecule has 0 aromatic heterocycles. The van der Waals surface area contributed by atoms with Crippen LogP contribution in [0.15, 0.2) is 24.3 Å². The normalized spacial score (nSPS) is 16.6. The Morgan fingerprint density at radius 3 is 2.33 bits per heavy atom. The molecule has 1 aromatic rings. The van der Waals surface area contributed by atoms with E-state index in [-0.39, 0.29) is 0 Å². The second-order valence-corrected chi connectivity index (χ2v) is 5.69. The van der Waals surface area contributed by atoms with E-state index >= 15 is 0 Å². The van der Waals surface area contributed by atoms with Crippen LogP contribution >= 0.6 is 0 Å². The lowest BCUT2D eigenvalue weighted by Gasteiger charge is -2.20. The predicted molar refractivity (Wildman–Crippen MR) is 77.5 cm³/mol. The fraction of sp³-hybridized carbons (Fsp3) is 0.625. The van der Waals surface area contributed by atoms with E-state index in [0.717, 1.165) is 19.0 Å². The van der Waals surface area contributed by atoms with E-state index in [1.165, 1.54) is 43.4 Å². The molecule has 1 saturated carbocycles. The Hall–Kier alpha value is -0.860. The fourth-order valence-electron chi connectivity index (χ4n) is 2.98. The van der Waals surface area contributed by atoms with Crippen molar-refractivity contribution >= 4 is 0 Å². The molecule has 100 valence electrons. The third-order valence-corrected chi connectivity index (χ3v) is 3.90. The second-order valence-electron chi connectivity index (χ2n) is 5.69. The highest BCUT2D eigenvalue weighted by Crippen LogP contribution is 2.25. The average Bonchev–Trinajstić information content (AvgIpc) is 2.84. The maximum absolute atomic E-state index is 3.18. The van der Waals surface area contributed by atoms with E-state index in [0.29, 0.717) is 0 Å². The van der Waals surface area contributed by atoms with Gasteiger partial charge in [0.2, 0.25) is 0 Å². The molecule has 1 aliphatic rings. The van der Waals surface area contributed by atoms with Gasteiger partial charge in [0.1, 0.15) is 0 Å². The summed E-state index contributed by atoms with van der Waals surface area (Å²) in [6.07, 6.45) is 5.76. The van der Waals surface area contributed by atoms with Gasteiger partial charge in [0.25, 0.3) is 0 Å². The van der Waals surface area contributed by atoms with Crippen molar-refractivity contribution in [2.75, 3.05) is 20.6 Å². The molecule has 1 N–H and O–H groups in total. The largest absolute Gasteiger partial charge is 0.316 e. The first-order valence-corrected chi connectivity index (χ1v) is 7.19. The minimum Gasteiger partial charge on any atom is -0.316 e. The van der Waals surface area contributed by atoms with Gasteiger partial charge in [-0.15, -0.1) is 0 Å². The Bertz CT molecular complexity index is 339. The van der Waals surface area contributed by atoms with Gasteiger partial charge in [-0.25, -0.2) is 0 Å². The molecule has 0 bridgehead atoms. The summed E-state index contributed by atoms with van der Waals surface area (Å²) >= 11 is 0. The summed E-state index contributed by atoms with van der Waals surface area (Å²) in [6, 6.07) is 8.99. The van der Waals surface area contributed by atoms with E-state index in [1.54, 1.807) is 0 Å². The summed E-state index contributed by atoms with van der Waals surface area (Å²) in [5.74, 6) is 0.943. The quantitative estimate of drug-likeness (QED) is 0.830. The van der Waals surface area contributed by atoms with Crippen LogP contribution in [0, 0.1) is 5.92 Å². The van der Waals surface area contributed by atoms with Crippen molar-refractivity contribution in [1.82, 2.24) is 10.2 Å². The molecule has 0 aliphatic heterocycles. The Morgan fingerprint density at radius 1 is 1.11 bits per heavy atom. The molecule has 2 heteroatoms. The topological polar surface area (TPSA) is 15.3 Å². The van der Waals surface area contributed by atoms with Gasteiger partial charge in [-0.2, -0.15) is 0 Å². The highest BCUT2D eigenvalue weighted by Gasteiger charge is 2.16. The minimum absolute atomic E-state index is 0.943. The summed E-state index contributed by atoms with van der Waals surface area (Å²) < 4.78 is 0. The van der Waals surface area contributed by atoms with Crippen LogP contribution in [0.25, 0.3) is 0 Å². The SMILES string of the molecule is CNCc1ccc(CN(C)CC2CCCC2)cc1. The van der Waals surface area contributed by atoms with E-state index < -0.39 is 0 Å². The summed E-state index contributed by atoms with van der Waals surface area (Å²) in [5, 5.41) is 3.18. The summed E-state index contributed by atoms with van der Waals surface area (Å²) in [7, 11) is 4.24. The molecule has 0 atom stereocenters. The van der Waals surface area contributed by atoms with Crippen LogP contribution in [0.3, 0.4) is 0 Å². The van der Waals surface area contributed by atoms with Gasteiger partial charge in [-0.3, -0.25) is 0 Å². The van der Waals surface area contributed by atoms with E-state index in [4.69, 9.17) is 0 Å². The number of nitrogens with one attached hydrogen (secondary N) is 1. The molecule has 1 fully saturated rings. The van der Waals surface area contributed by atoms with Crippen LogP contribution in [0.4, 0.5) is 0 Å². The average molecular weight is 246 g/mol. The number of hydrogen-bond donors (Lipinski definition) is 1. The number of hydrogen-bond acceptors (Lipinski definition) is 2. The van der Waals surface area contributed by atoms with Crippen LogP contribution in [-0.4, -0.2) is 25.5 Å². The number of benzene rings is 1. The fourth-order valence-corrected chi connectivity index (χ4v) is 2.98. The number of rotatable bonds is 6. The van der Waals surface area contributed by atoms with E-state index in [9.17, 15) is 0 Å². The molecule has 2 rings (SSSR count). The van der Waals surface area contributed by atoms with E-state index in [2.05, 4.69) is 41.5 Å². The smallest absolute Gasteiger partial charge is 0.0230 e. The third kappa shape index (κ3) is 4.11. The van der Waals surface area contributed by atoms with Gasteiger partial charge in [0.15, 0.2) is 0 Å². The highest BCUT2D eigenvalue weighted by molar-refractivity contribution is 5.22.